The number of aliphatic carboxylic acids is 1. The van der Waals surface area contributed by atoms with Crippen molar-refractivity contribution in [2.24, 2.45) is 0 Å². The van der Waals surface area contributed by atoms with Crippen molar-refractivity contribution in [2.75, 3.05) is 26.4 Å². The van der Waals surface area contributed by atoms with E-state index >= 15 is 0 Å². The van der Waals surface area contributed by atoms with E-state index in [2.05, 4.69) is 4.98 Å². The molecule has 1 atom stereocenters. The second-order valence-electron chi connectivity index (χ2n) is 5.29. The number of carboxylic acid groups (broad SMARTS) is 1. The van der Waals surface area contributed by atoms with E-state index in [4.69, 9.17) is 9.47 Å². The maximum atomic E-state index is 12.6. The van der Waals surface area contributed by atoms with Gasteiger partial charge in [-0.25, -0.2) is 4.79 Å². The van der Waals surface area contributed by atoms with Crippen LogP contribution in [0.1, 0.15) is 17.4 Å². The number of hydrogen-bond acceptors (Lipinski definition) is 4. The van der Waals surface area contributed by atoms with E-state index in [-0.39, 0.29) is 19.1 Å². The third-order valence-electron chi connectivity index (χ3n) is 3.81. The lowest BCUT2D eigenvalue weighted by Gasteiger charge is -2.32. The standard InChI is InChI=1S/C16H18N2O5/c1-2-23-11-4-3-10-7-13(17-12(10)8-11)15(19)18-5-6-22-9-14(18)16(20)21/h3-4,7-8,14,17H,2,5-6,9H2,1H3,(H,20,21)/t14-/m0/s1. The van der Waals surface area contributed by atoms with Gasteiger partial charge < -0.3 is 24.5 Å². The van der Waals surface area contributed by atoms with Gasteiger partial charge in [-0.1, -0.05) is 0 Å². The van der Waals surface area contributed by atoms with Crippen molar-refractivity contribution in [1.82, 2.24) is 9.88 Å². The van der Waals surface area contributed by atoms with Gasteiger partial charge in [0.15, 0.2) is 6.04 Å². The highest BCUT2D eigenvalue weighted by molar-refractivity contribution is 6.00. The molecule has 0 bridgehead atoms. The summed E-state index contributed by atoms with van der Waals surface area (Å²) >= 11 is 0. The smallest absolute Gasteiger partial charge is 0.328 e. The quantitative estimate of drug-likeness (QED) is 0.891. The fourth-order valence-corrected chi connectivity index (χ4v) is 2.68. The summed E-state index contributed by atoms with van der Waals surface area (Å²) in [4.78, 5) is 28.3. The summed E-state index contributed by atoms with van der Waals surface area (Å²) in [5.74, 6) is -0.682. The molecule has 122 valence electrons. The lowest BCUT2D eigenvalue weighted by molar-refractivity contribution is -0.147. The van der Waals surface area contributed by atoms with Crippen LogP contribution in [-0.2, 0) is 9.53 Å². The molecule has 1 amide bonds. The maximum Gasteiger partial charge on any atom is 0.328 e. The van der Waals surface area contributed by atoms with Crippen LogP contribution in [0.3, 0.4) is 0 Å². The number of aromatic nitrogens is 1. The van der Waals surface area contributed by atoms with Gasteiger partial charge in [0.05, 0.1) is 19.8 Å². The number of H-pyrrole nitrogens is 1. The van der Waals surface area contributed by atoms with Crippen LogP contribution in [0.25, 0.3) is 10.9 Å². The Morgan fingerprint density at radius 1 is 1.43 bits per heavy atom. The molecule has 0 saturated carbocycles. The topological polar surface area (TPSA) is 91.9 Å². The molecule has 2 N–H and O–H groups in total. The Morgan fingerprint density at radius 2 is 2.26 bits per heavy atom. The fraction of sp³-hybridized carbons (Fsp3) is 0.375. The van der Waals surface area contributed by atoms with Crippen molar-refractivity contribution >= 4 is 22.8 Å². The number of nitrogens with one attached hydrogen (secondary N) is 1. The minimum atomic E-state index is -1.06. The van der Waals surface area contributed by atoms with Gasteiger partial charge in [0.1, 0.15) is 11.4 Å². The molecule has 3 rings (SSSR count). The minimum Gasteiger partial charge on any atom is -0.494 e. The Labute approximate surface area is 132 Å². The second kappa shape index (κ2) is 6.29. The van der Waals surface area contributed by atoms with Crippen LogP contribution >= 0.6 is 0 Å². The van der Waals surface area contributed by atoms with Gasteiger partial charge in [0, 0.05) is 23.5 Å². The molecule has 2 aromatic rings. The first-order valence-corrected chi connectivity index (χ1v) is 7.47. The van der Waals surface area contributed by atoms with Gasteiger partial charge in [-0.05, 0) is 25.1 Å². The zero-order valence-electron chi connectivity index (χ0n) is 12.7. The third kappa shape index (κ3) is 3.00. The van der Waals surface area contributed by atoms with Crippen molar-refractivity contribution in [3.8, 4) is 5.75 Å². The molecular formula is C16H18N2O5. The molecule has 1 aromatic carbocycles. The summed E-state index contributed by atoms with van der Waals surface area (Å²) in [6.45, 7) is 3.07. The Balaban J connectivity index is 1.89. The molecule has 1 fully saturated rings. The number of aromatic amines is 1. The lowest BCUT2D eigenvalue weighted by Crippen LogP contribution is -2.52. The Hall–Kier alpha value is -2.54. The zero-order valence-corrected chi connectivity index (χ0v) is 12.7. The molecule has 1 saturated heterocycles. The number of rotatable bonds is 4. The van der Waals surface area contributed by atoms with Crippen LogP contribution in [0, 0.1) is 0 Å². The van der Waals surface area contributed by atoms with E-state index < -0.39 is 12.0 Å². The number of morpholine rings is 1. The minimum absolute atomic E-state index is 0.00971. The van der Waals surface area contributed by atoms with E-state index in [9.17, 15) is 14.7 Å². The van der Waals surface area contributed by atoms with E-state index in [0.29, 0.717) is 18.9 Å². The predicted octanol–water partition coefficient (Wildman–Crippen LogP) is 1.49. The van der Waals surface area contributed by atoms with Gasteiger partial charge in [0.25, 0.3) is 5.91 Å². The van der Waals surface area contributed by atoms with Gasteiger partial charge in [0.2, 0.25) is 0 Å². The van der Waals surface area contributed by atoms with Crippen LogP contribution in [0.5, 0.6) is 5.75 Å². The first kappa shape index (κ1) is 15.4. The fourth-order valence-electron chi connectivity index (χ4n) is 2.68. The lowest BCUT2D eigenvalue weighted by atomic mass is 10.2. The Bertz CT molecular complexity index is 739. The van der Waals surface area contributed by atoms with E-state index in [0.717, 1.165) is 16.7 Å². The number of carbonyl (C=O) groups excluding carboxylic acids is 1. The summed E-state index contributed by atoms with van der Waals surface area (Å²) in [6.07, 6.45) is 0. The monoisotopic (exact) mass is 318 g/mol. The summed E-state index contributed by atoms with van der Waals surface area (Å²) in [6, 6.07) is 6.29. The molecular weight excluding hydrogens is 300 g/mol. The molecule has 0 spiro atoms. The van der Waals surface area contributed by atoms with Gasteiger partial charge in [-0.3, -0.25) is 4.79 Å². The highest BCUT2D eigenvalue weighted by Crippen LogP contribution is 2.23. The average Bonchev–Trinajstić information content (AvgIpc) is 2.97. The van der Waals surface area contributed by atoms with Crippen LogP contribution in [0.2, 0.25) is 0 Å². The summed E-state index contributed by atoms with van der Waals surface area (Å²) < 4.78 is 10.6. The summed E-state index contributed by atoms with van der Waals surface area (Å²) in [5.41, 5.74) is 1.14. The number of benzene rings is 1. The van der Waals surface area contributed by atoms with Crippen molar-refractivity contribution in [3.05, 3.63) is 30.0 Å². The first-order chi connectivity index (χ1) is 11.1. The Kier molecular flexibility index (Phi) is 4.20. The number of ether oxygens (including phenoxy) is 2. The highest BCUT2D eigenvalue weighted by atomic mass is 16.5. The molecule has 1 aliphatic heterocycles. The number of hydrogen-bond donors (Lipinski definition) is 2. The van der Waals surface area contributed by atoms with Crippen molar-refractivity contribution in [3.63, 3.8) is 0 Å². The highest BCUT2D eigenvalue weighted by Gasteiger charge is 2.33. The van der Waals surface area contributed by atoms with Gasteiger partial charge in [-0.2, -0.15) is 0 Å². The maximum absolute atomic E-state index is 12.6. The van der Waals surface area contributed by atoms with Crippen molar-refractivity contribution < 1.29 is 24.2 Å². The molecule has 0 radical (unpaired) electrons. The van der Waals surface area contributed by atoms with Gasteiger partial charge in [-0.15, -0.1) is 0 Å². The van der Waals surface area contributed by atoms with Crippen LogP contribution in [0.15, 0.2) is 24.3 Å². The molecule has 0 aliphatic carbocycles. The summed E-state index contributed by atoms with van der Waals surface area (Å²) in [5, 5.41) is 10.1. The largest absolute Gasteiger partial charge is 0.494 e. The third-order valence-corrected chi connectivity index (χ3v) is 3.81. The number of carboxylic acids is 1. The van der Waals surface area contributed by atoms with Crippen molar-refractivity contribution in [2.45, 2.75) is 13.0 Å². The second-order valence-corrected chi connectivity index (χ2v) is 5.29. The number of amides is 1. The molecule has 1 aliphatic rings. The van der Waals surface area contributed by atoms with Gasteiger partial charge >= 0.3 is 5.97 Å². The van der Waals surface area contributed by atoms with E-state index in [1.807, 2.05) is 25.1 Å². The number of fused-ring (bicyclic) bond motifs is 1. The molecule has 2 heterocycles. The molecule has 1 aromatic heterocycles. The zero-order chi connectivity index (χ0) is 16.4. The van der Waals surface area contributed by atoms with Crippen LogP contribution in [0.4, 0.5) is 0 Å². The molecule has 0 unspecified atom stereocenters. The normalized spacial score (nSPS) is 18.1. The molecule has 7 nitrogen and oxygen atoms in total. The van der Waals surface area contributed by atoms with Crippen LogP contribution in [-0.4, -0.2) is 59.3 Å². The summed E-state index contributed by atoms with van der Waals surface area (Å²) in [7, 11) is 0. The SMILES string of the molecule is CCOc1ccc2cc(C(=O)N3CCOC[C@H]3C(=O)O)[nH]c2c1. The Morgan fingerprint density at radius 3 is 3.00 bits per heavy atom. The average molecular weight is 318 g/mol. The number of nitrogens with zero attached hydrogens (tertiary/aromatic N) is 1. The number of carbonyl (C=O) groups is 2. The molecule has 23 heavy (non-hydrogen) atoms. The van der Waals surface area contributed by atoms with Crippen LogP contribution < -0.4 is 4.74 Å². The van der Waals surface area contributed by atoms with E-state index in [1.54, 1.807) is 6.07 Å². The predicted molar refractivity (Wildman–Crippen MR) is 82.7 cm³/mol. The van der Waals surface area contributed by atoms with Crippen molar-refractivity contribution in [1.29, 1.82) is 0 Å². The van der Waals surface area contributed by atoms with E-state index in [1.165, 1.54) is 4.90 Å². The molecule has 7 heteroatoms. The first-order valence-electron chi connectivity index (χ1n) is 7.47.